The highest BCUT2D eigenvalue weighted by molar-refractivity contribution is 7.91. The molecule has 1 fully saturated rings. The molecule has 0 bridgehead atoms. The number of hydrogen-bond donors (Lipinski definition) is 3. The molecule has 110 valence electrons. The van der Waals surface area contributed by atoms with Gasteiger partial charge in [-0.05, 0) is 18.4 Å². The van der Waals surface area contributed by atoms with Gasteiger partial charge in [0.25, 0.3) is 0 Å². The Morgan fingerprint density at radius 2 is 2.20 bits per heavy atom. The first-order valence-electron chi connectivity index (χ1n) is 6.51. The largest absolute Gasteiger partial charge is 0.409 e. The number of nitrogens with one attached hydrogen (secondary N) is 1. The molecule has 0 aliphatic carbocycles. The number of oxime groups is 1. The second-order valence-electron chi connectivity index (χ2n) is 4.98. The zero-order chi connectivity index (χ0) is 14.6. The Labute approximate surface area is 118 Å². The van der Waals surface area contributed by atoms with Crippen molar-refractivity contribution in [3.05, 3.63) is 35.4 Å². The number of nitrogens with zero attached hydrogens (tertiary/aromatic N) is 1. The van der Waals surface area contributed by atoms with Gasteiger partial charge in [0.05, 0.1) is 11.5 Å². The quantitative estimate of drug-likeness (QED) is 0.324. The van der Waals surface area contributed by atoms with Gasteiger partial charge < -0.3 is 16.3 Å². The Bertz CT molecular complexity index is 599. The van der Waals surface area contributed by atoms with Crippen molar-refractivity contribution in [2.24, 2.45) is 10.9 Å². The van der Waals surface area contributed by atoms with Gasteiger partial charge in [-0.2, -0.15) is 0 Å². The van der Waals surface area contributed by atoms with Crippen molar-refractivity contribution in [2.45, 2.75) is 25.4 Å². The summed E-state index contributed by atoms with van der Waals surface area (Å²) in [6.45, 7) is 0.493. The smallest absolute Gasteiger partial charge is 0.170 e. The molecule has 0 amide bonds. The molecule has 0 saturated carbocycles. The van der Waals surface area contributed by atoms with Gasteiger partial charge in [0.15, 0.2) is 15.7 Å². The van der Waals surface area contributed by atoms with Crippen LogP contribution in [0.25, 0.3) is 0 Å². The summed E-state index contributed by atoms with van der Waals surface area (Å²) in [6, 6.07) is 7.28. The molecule has 1 aromatic carbocycles. The Balaban J connectivity index is 2.04. The highest BCUT2D eigenvalue weighted by Crippen LogP contribution is 2.14. The second-order valence-corrected chi connectivity index (χ2v) is 7.21. The lowest BCUT2D eigenvalue weighted by Gasteiger charge is -2.23. The first-order chi connectivity index (χ1) is 9.52. The summed E-state index contributed by atoms with van der Waals surface area (Å²) in [4.78, 5) is 0. The third-order valence-electron chi connectivity index (χ3n) is 3.45. The maximum atomic E-state index is 11.6. The lowest BCUT2D eigenvalue weighted by molar-refractivity contribution is 0.318. The van der Waals surface area contributed by atoms with Crippen molar-refractivity contribution >= 4 is 15.7 Å². The van der Waals surface area contributed by atoms with E-state index < -0.39 is 9.84 Å². The van der Waals surface area contributed by atoms with Gasteiger partial charge in [0.1, 0.15) is 0 Å². The van der Waals surface area contributed by atoms with Gasteiger partial charge in [0, 0.05) is 18.2 Å². The predicted molar refractivity (Wildman–Crippen MR) is 77.5 cm³/mol. The van der Waals surface area contributed by atoms with Crippen LogP contribution in [0.3, 0.4) is 0 Å². The SMILES string of the molecule is NC(=NO)c1ccccc1CNC1CCCS(=O)(=O)C1. The number of amidine groups is 1. The third-order valence-corrected chi connectivity index (χ3v) is 5.27. The van der Waals surface area contributed by atoms with Crippen LogP contribution in [-0.4, -0.2) is 37.0 Å². The molecule has 1 saturated heterocycles. The molecule has 0 aromatic heterocycles. The monoisotopic (exact) mass is 297 g/mol. The lowest BCUT2D eigenvalue weighted by Crippen LogP contribution is -2.40. The Morgan fingerprint density at radius 1 is 1.45 bits per heavy atom. The van der Waals surface area contributed by atoms with Crippen LogP contribution in [-0.2, 0) is 16.4 Å². The minimum absolute atomic E-state index is 0.0332. The third kappa shape index (κ3) is 3.71. The maximum Gasteiger partial charge on any atom is 0.170 e. The topological polar surface area (TPSA) is 105 Å². The fourth-order valence-corrected chi connectivity index (χ4v) is 4.09. The van der Waals surface area contributed by atoms with Crippen LogP contribution in [0.4, 0.5) is 0 Å². The van der Waals surface area contributed by atoms with Gasteiger partial charge in [-0.25, -0.2) is 8.42 Å². The normalized spacial score (nSPS) is 22.6. The van der Waals surface area contributed by atoms with Crippen molar-refractivity contribution in [1.29, 1.82) is 0 Å². The van der Waals surface area contributed by atoms with E-state index in [9.17, 15) is 8.42 Å². The Morgan fingerprint density at radius 3 is 2.90 bits per heavy atom. The predicted octanol–water partition coefficient (Wildman–Crippen LogP) is 0.448. The summed E-state index contributed by atoms with van der Waals surface area (Å²) in [6.07, 6.45) is 1.55. The van der Waals surface area contributed by atoms with Crippen molar-refractivity contribution in [3.8, 4) is 0 Å². The molecule has 1 heterocycles. The van der Waals surface area contributed by atoms with Crippen molar-refractivity contribution in [2.75, 3.05) is 11.5 Å². The van der Waals surface area contributed by atoms with Gasteiger partial charge in [0.2, 0.25) is 0 Å². The van der Waals surface area contributed by atoms with E-state index in [-0.39, 0.29) is 23.4 Å². The van der Waals surface area contributed by atoms with Gasteiger partial charge >= 0.3 is 0 Å². The zero-order valence-electron chi connectivity index (χ0n) is 11.1. The van der Waals surface area contributed by atoms with Crippen LogP contribution < -0.4 is 11.1 Å². The van der Waals surface area contributed by atoms with Crippen molar-refractivity contribution in [3.63, 3.8) is 0 Å². The summed E-state index contributed by atoms with van der Waals surface area (Å²) >= 11 is 0. The minimum Gasteiger partial charge on any atom is -0.409 e. The first kappa shape index (κ1) is 14.8. The molecule has 0 spiro atoms. The molecule has 1 unspecified atom stereocenters. The average Bonchev–Trinajstić information content (AvgIpc) is 2.43. The van der Waals surface area contributed by atoms with Crippen LogP contribution in [0.15, 0.2) is 29.4 Å². The molecule has 1 aliphatic rings. The van der Waals surface area contributed by atoms with Gasteiger partial charge in [-0.15, -0.1) is 0 Å². The molecule has 2 rings (SSSR count). The minimum atomic E-state index is -2.92. The van der Waals surface area contributed by atoms with E-state index in [2.05, 4.69) is 10.5 Å². The van der Waals surface area contributed by atoms with E-state index in [1.54, 1.807) is 6.07 Å². The highest BCUT2D eigenvalue weighted by atomic mass is 32.2. The first-order valence-corrected chi connectivity index (χ1v) is 8.33. The summed E-state index contributed by atoms with van der Waals surface area (Å²) in [5.74, 6) is 0.517. The van der Waals surface area contributed by atoms with E-state index in [1.807, 2.05) is 18.2 Å². The van der Waals surface area contributed by atoms with Crippen LogP contribution in [0.2, 0.25) is 0 Å². The molecule has 7 heteroatoms. The summed E-state index contributed by atoms with van der Waals surface area (Å²) in [5, 5.41) is 15.0. The number of benzene rings is 1. The molecule has 0 radical (unpaired) electrons. The fraction of sp³-hybridized carbons (Fsp3) is 0.462. The Hall–Kier alpha value is -1.60. The van der Waals surface area contributed by atoms with E-state index in [4.69, 9.17) is 10.9 Å². The molecule has 4 N–H and O–H groups in total. The summed E-state index contributed by atoms with van der Waals surface area (Å²) in [5.41, 5.74) is 7.16. The fourth-order valence-electron chi connectivity index (χ4n) is 2.42. The number of sulfone groups is 1. The lowest BCUT2D eigenvalue weighted by atomic mass is 10.1. The standard InChI is InChI=1S/C13H19N3O3S/c14-13(16-17)12-6-2-1-4-10(12)8-15-11-5-3-7-20(18,19)9-11/h1-2,4,6,11,15,17H,3,5,7-9H2,(H2,14,16). The van der Waals surface area contributed by atoms with Crippen LogP contribution in [0.5, 0.6) is 0 Å². The van der Waals surface area contributed by atoms with E-state index in [1.165, 1.54) is 0 Å². The van der Waals surface area contributed by atoms with Gasteiger partial charge in [-0.1, -0.05) is 29.4 Å². The Kier molecular flexibility index (Phi) is 4.61. The van der Waals surface area contributed by atoms with Crippen LogP contribution >= 0.6 is 0 Å². The molecule has 1 aromatic rings. The van der Waals surface area contributed by atoms with Crippen molar-refractivity contribution < 1.29 is 13.6 Å². The average molecular weight is 297 g/mol. The molecule has 6 nitrogen and oxygen atoms in total. The van der Waals surface area contributed by atoms with Crippen molar-refractivity contribution in [1.82, 2.24) is 5.32 Å². The number of rotatable bonds is 4. The number of hydrogen-bond acceptors (Lipinski definition) is 5. The summed E-state index contributed by atoms with van der Waals surface area (Å²) < 4.78 is 23.2. The summed E-state index contributed by atoms with van der Waals surface area (Å²) in [7, 11) is -2.92. The molecule has 1 atom stereocenters. The van der Waals surface area contributed by atoms with E-state index in [0.717, 1.165) is 12.0 Å². The zero-order valence-corrected chi connectivity index (χ0v) is 11.9. The molecule has 1 aliphatic heterocycles. The molecular weight excluding hydrogens is 278 g/mol. The second kappa shape index (κ2) is 6.23. The van der Waals surface area contributed by atoms with E-state index >= 15 is 0 Å². The van der Waals surface area contributed by atoms with Crippen LogP contribution in [0.1, 0.15) is 24.0 Å². The van der Waals surface area contributed by atoms with Gasteiger partial charge in [-0.3, -0.25) is 0 Å². The highest BCUT2D eigenvalue weighted by Gasteiger charge is 2.24. The number of nitrogens with two attached hydrogens (primary N) is 1. The maximum absolute atomic E-state index is 11.6. The molecule has 20 heavy (non-hydrogen) atoms. The van der Waals surface area contributed by atoms with Crippen LogP contribution in [0, 0.1) is 0 Å². The molecular formula is C13H19N3O3S. The van der Waals surface area contributed by atoms with E-state index in [0.29, 0.717) is 18.5 Å².